The molecule has 0 bridgehead atoms. The Balaban J connectivity index is 2.33. The van der Waals surface area contributed by atoms with Crippen LogP contribution in [0, 0.1) is 0 Å². The molecule has 0 amide bonds. The zero-order valence-electron chi connectivity index (χ0n) is 15.5. The van der Waals surface area contributed by atoms with Gasteiger partial charge in [0.15, 0.2) is 0 Å². The van der Waals surface area contributed by atoms with Gasteiger partial charge in [-0.1, -0.05) is 76.6 Å². The molecule has 0 saturated heterocycles. The highest BCUT2D eigenvalue weighted by Gasteiger charge is 2.40. The molecule has 0 heterocycles. The van der Waals surface area contributed by atoms with Gasteiger partial charge in [0.1, 0.15) is 17.1 Å². The van der Waals surface area contributed by atoms with Gasteiger partial charge >= 0.3 is 0 Å². The second-order valence-corrected chi connectivity index (χ2v) is 6.81. The zero-order valence-corrected chi connectivity index (χ0v) is 17.1. The van der Waals surface area contributed by atoms with E-state index in [4.69, 9.17) is 14.2 Å². The maximum absolute atomic E-state index is 6.59. The van der Waals surface area contributed by atoms with Crippen molar-refractivity contribution < 1.29 is 14.2 Å². The number of alkyl halides is 1. The quantitative estimate of drug-likeness (QED) is 0.356. The van der Waals surface area contributed by atoms with Crippen molar-refractivity contribution in [2.24, 2.45) is 0 Å². The number of hydrogen-bond acceptors (Lipinski definition) is 3. The fourth-order valence-electron chi connectivity index (χ4n) is 3.35. The molecule has 140 valence electrons. The second-order valence-electron chi connectivity index (χ2n) is 6.02. The highest BCUT2D eigenvalue weighted by atomic mass is 79.9. The zero-order chi connectivity index (χ0) is 19.1. The molecule has 3 aromatic rings. The van der Waals surface area contributed by atoms with E-state index in [0.717, 1.165) is 33.5 Å². The third-order valence-electron chi connectivity index (χ3n) is 4.54. The van der Waals surface area contributed by atoms with Crippen molar-refractivity contribution in [2.75, 3.05) is 26.2 Å². The molecule has 0 aromatic heterocycles. The van der Waals surface area contributed by atoms with E-state index in [-0.39, 0.29) is 0 Å². The van der Waals surface area contributed by atoms with Gasteiger partial charge in [-0.15, -0.1) is 0 Å². The van der Waals surface area contributed by atoms with Gasteiger partial charge in [-0.05, 0) is 23.3 Å². The van der Waals surface area contributed by atoms with Crippen LogP contribution in [0.1, 0.15) is 16.7 Å². The van der Waals surface area contributed by atoms with Crippen molar-refractivity contribution >= 4 is 15.9 Å². The summed E-state index contributed by atoms with van der Waals surface area (Å²) in [6.07, 6.45) is 0. The molecule has 0 spiro atoms. The Morgan fingerprint density at radius 1 is 0.778 bits per heavy atom. The van der Waals surface area contributed by atoms with Crippen molar-refractivity contribution in [3.63, 3.8) is 0 Å². The summed E-state index contributed by atoms with van der Waals surface area (Å²) in [6.45, 7) is 0.541. The summed E-state index contributed by atoms with van der Waals surface area (Å²) >= 11 is 3.50. The largest absolute Gasteiger partial charge is 0.497 e. The van der Waals surface area contributed by atoms with Crippen LogP contribution < -0.4 is 9.47 Å². The monoisotopic (exact) mass is 426 g/mol. The standard InChI is InChI=1S/C23H23BrO3/c1-25-20-13-14-21(22(17-20)26-2)23(27-16-15-24,18-9-5-3-6-10-18)19-11-7-4-8-12-19/h3-14,17H,15-16H2,1-2H3. The molecule has 0 radical (unpaired) electrons. The average Bonchev–Trinajstić information content (AvgIpc) is 2.75. The minimum absolute atomic E-state index is 0.541. The Hall–Kier alpha value is -2.30. The first-order valence-corrected chi connectivity index (χ1v) is 9.92. The molecule has 0 aliphatic carbocycles. The van der Waals surface area contributed by atoms with Crippen molar-refractivity contribution in [3.8, 4) is 11.5 Å². The summed E-state index contributed by atoms with van der Waals surface area (Å²) < 4.78 is 17.7. The van der Waals surface area contributed by atoms with E-state index in [1.807, 2.05) is 54.6 Å². The van der Waals surface area contributed by atoms with E-state index in [1.54, 1.807) is 14.2 Å². The minimum Gasteiger partial charge on any atom is -0.497 e. The number of ether oxygens (including phenoxy) is 3. The number of rotatable bonds is 8. The van der Waals surface area contributed by atoms with Crippen LogP contribution in [0.3, 0.4) is 0 Å². The van der Waals surface area contributed by atoms with Crippen molar-refractivity contribution in [1.29, 1.82) is 0 Å². The van der Waals surface area contributed by atoms with E-state index in [2.05, 4.69) is 40.2 Å². The Bertz CT molecular complexity index is 811. The van der Waals surface area contributed by atoms with Gasteiger partial charge in [-0.25, -0.2) is 0 Å². The van der Waals surface area contributed by atoms with Crippen molar-refractivity contribution in [2.45, 2.75) is 5.60 Å². The highest BCUT2D eigenvalue weighted by molar-refractivity contribution is 9.09. The highest BCUT2D eigenvalue weighted by Crippen LogP contribution is 2.45. The minimum atomic E-state index is -0.798. The Morgan fingerprint density at radius 3 is 1.85 bits per heavy atom. The predicted octanol–water partition coefficient (Wildman–Crippen LogP) is 5.41. The molecule has 0 atom stereocenters. The predicted molar refractivity (Wildman–Crippen MR) is 112 cm³/mol. The van der Waals surface area contributed by atoms with Gasteiger partial charge in [0.25, 0.3) is 0 Å². The SMILES string of the molecule is COc1ccc(C(OCCBr)(c2ccccc2)c2ccccc2)c(OC)c1. The maximum Gasteiger partial charge on any atom is 0.147 e. The first-order chi connectivity index (χ1) is 13.3. The third kappa shape index (κ3) is 3.87. The van der Waals surface area contributed by atoms with Crippen LogP contribution in [0.5, 0.6) is 11.5 Å². The van der Waals surface area contributed by atoms with Crippen LogP contribution in [0.2, 0.25) is 0 Å². The first-order valence-electron chi connectivity index (χ1n) is 8.79. The summed E-state index contributed by atoms with van der Waals surface area (Å²) in [5.41, 5.74) is 2.22. The second kappa shape index (κ2) is 9.07. The van der Waals surface area contributed by atoms with Crippen LogP contribution in [0.25, 0.3) is 0 Å². The van der Waals surface area contributed by atoms with Gasteiger partial charge in [-0.3, -0.25) is 0 Å². The van der Waals surface area contributed by atoms with Crippen LogP contribution in [0.4, 0.5) is 0 Å². The van der Waals surface area contributed by atoms with Crippen LogP contribution in [-0.2, 0) is 10.3 Å². The molecule has 0 saturated carbocycles. The number of halogens is 1. The Morgan fingerprint density at radius 2 is 1.37 bits per heavy atom. The fraction of sp³-hybridized carbons (Fsp3) is 0.217. The smallest absolute Gasteiger partial charge is 0.147 e. The molecule has 0 N–H and O–H groups in total. The van der Waals surface area contributed by atoms with Crippen LogP contribution in [-0.4, -0.2) is 26.2 Å². The van der Waals surface area contributed by atoms with E-state index in [9.17, 15) is 0 Å². The third-order valence-corrected chi connectivity index (χ3v) is 4.87. The topological polar surface area (TPSA) is 27.7 Å². The molecular weight excluding hydrogens is 404 g/mol. The molecule has 4 heteroatoms. The number of hydrogen-bond donors (Lipinski definition) is 0. The lowest BCUT2D eigenvalue weighted by molar-refractivity contribution is 0.0220. The number of methoxy groups -OCH3 is 2. The summed E-state index contributed by atoms with van der Waals surface area (Å²) in [7, 11) is 3.32. The number of benzene rings is 3. The van der Waals surface area contributed by atoms with E-state index >= 15 is 0 Å². The Labute approximate surface area is 169 Å². The average molecular weight is 427 g/mol. The summed E-state index contributed by atoms with van der Waals surface area (Å²) in [5, 5.41) is 0.729. The van der Waals surface area contributed by atoms with Crippen LogP contribution >= 0.6 is 15.9 Å². The molecule has 0 unspecified atom stereocenters. The molecule has 3 aromatic carbocycles. The van der Waals surface area contributed by atoms with Crippen molar-refractivity contribution in [3.05, 3.63) is 95.6 Å². The van der Waals surface area contributed by atoms with E-state index < -0.39 is 5.60 Å². The van der Waals surface area contributed by atoms with Gasteiger partial charge in [0.05, 0.1) is 20.8 Å². The molecular formula is C23H23BrO3. The van der Waals surface area contributed by atoms with Crippen molar-refractivity contribution in [1.82, 2.24) is 0 Å². The van der Waals surface area contributed by atoms with Gasteiger partial charge in [0, 0.05) is 17.0 Å². The van der Waals surface area contributed by atoms with E-state index in [1.165, 1.54) is 0 Å². The molecule has 0 aliphatic heterocycles. The molecule has 27 heavy (non-hydrogen) atoms. The van der Waals surface area contributed by atoms with Gasteiger partial charge < -0.3 is 14.2 Å². The first kappa shape index (κ1) is 19.5. The fourth-order valence-corrected chi connectivity index (χ4v) is 3.51. The van der Waals surface area contributed by atoms with E-state index in [0.29, 0.717) is 6.61 Å². The summed E-state index contributed by atoms with van der Waals surface area (Å²) in [4.78, 5) is 0. The summed E-state index contributed by atoms with van der Waals surface area (Å²) in [6, 6.07) is 26.3. The normalized spacial score (nSPS) is 11.2. The summed E-state index contributed by atoms with van der Waals surface area (Å²) in [5.74, 6) is 1.46. The van der Waals surface area contributed by atoms with Gasteiger partial charge in [0.2, 0.25) is 0 Å². The lowest BCUT2D eigenvalue weighted by Gasteiger charge is -2.36. The van der Waals surface area contributed by atoms with Gasteiger partial charge in [-0.2, -0.15) is 0 Å². The molecule has 3 rings (SSSR count). The Kier molecular flexibility index (Phi) is 6.54. The maximum atomic E-state index is 6.59. The molecule has 0 fully saturated rings. The van der Waals surface area contributed by atoms with Crippen LogP contribution in [0.15, 0.2) is 78.9 Å². The lowest BCUT2D eigenvalue weighted by atomic mass is 9.79. The lowest BCUT2D eigenvalue weighted by Crippen LogP contribution is -2.34. The molecule has 0 aliphatic rings. The molecule has 3 nitrogen and oxygen atoms in total.